The number of nitrogens with one attached hydrogen (secondary N) is 1. The van der Waals surface area contributed by atoms with E-state index in [2.05, 4.69) is 9.97 Å². The summed E-state index contributed by atoms with van der Waals surface area (Å²) in [4.78, 5) is 16.3. The van der Waals surface area contributed by atoms with Crippen LogP contribution in [0.5, 0.6) is 0 Å². The molecule has 0 radical (unpaired) electrons. The van der Waals surface area contributed by atoms with E-state index in [1.165, 1.54) is 12.5 Å². The Hall–Kier alpha value is -1.91. The lowest BCUT2D eigenvalue weighted by atomic mass is 10.2. The Balaban J connectivity index is 2.64. The maximum atomic E-state index is 13.1. The van der Waals surface area contributed by atoms with Crippen LogP contribution < -0.4 is 5.69 Å². The predicted octanol–water partition coefficient (Wildman–Crippen LogP) is 1.17. The summed E-state index contributed by atoms with van der Waals surface area (Å²) in [5, 5.41) is 0. The quantitative estimate of drug-likeness (QED) is 0.716. The number of hydrogen-bond acceptors (Lipinski definition) is 3. The zero-order valence-electron chi connectivity index (χ0n) is 6.45. The van der Waals surface area contributed by atoms with E-state index >= 15 is 0 Å². The van der Waals surface area contributed by atoms with Crippen molar-refractivity contribution in [3.05, 3.63) is 41.1 Å². The first-order valence-electron chi connectivity index (χ1n) is 3.55. The monoisotopic (exact) mass is 180 g/mol. The van der Waals surface area contributed by atoms with Gasteiger partial charge in [0.15, 0.2) is 5.82 Å². The summed E-state index contributed by atoms with van der Waals surface area (Å²) in [6.45, 7) is 0. The smallest absolute Gasteiger partial charge is 0.345 e. The maximum Gasteiger partial charge on any atom is 0.345 e. The number of H-pyrrole nitrogens is 1. The maximum absolute atomic E-state index is 13.1. The van der Waals surface area contributed by atoms with Gasteiger partial charge in [0, 0.05) is 5.56 Å². The molecule has 5 heteroatoms. The fourth-order valence-electron chi connectivity index (χ4n) is 0.996. The second-order valence-electron chi connectivity index (χ2n) is 2.42. The number of halogens is 1. The van der Waals surface area contributed by atoms with Crippen LogP contribution in [0.4, 0.5) is 4.39 Å². The lowest BCUT2D eigenvalue weighted by Crippen LogP contribution is -2.11. The van der Waals surface area contributed by atoms with Gasteiger partial charge in [0.2, 0.25) is 0 Å². The number of furan rings is 1. The molecule has 0 saturated carbocycles. The molecular weight excluding hydrogens is 175 g/mol. The van der Waals surface area contributed by atoms with Crippen molar-refractivity contribution < 1.29 is 8.81 Å². The summed E-state index contributed by atoms with van der Waals surface area (Å²) in [5.74, 6) is -0.582. The molecule has 0 aliphatic rings. The van der Waals surface area contributed by atoms with Gasteiger partial charge in [0.1, 0.15) is 0 Å². The zero-order chi connectivity index (χ0) is 9.26. The first-order chi connectivity index (χ1) is 6.27. The van der Waals surface area contributed by atoms with Crippen molar-refractivity contribution in [2.75, 3.05) is 0 Å². The fraction of sp³-hybridized carbons (Fsp3) is 0. The van der Waals surface area contributed by atoms with Crippen LogP contribution in [0.2, 0.25) is 0 Å². The van der Waals surface area contributed by atoms with Crippen LogP contribution in [0.1, 0.15) is 0 Å². The van der Waals surface area contributed by atoms with Crippen LogP contribution in [0.3, 0.4) is 0 Å². The Morgan fingerprint density at radius 3 is 3.08 bits per heavy atom. The molecule has 0 aliphatic heterocycles. The van der Waals surface area contributed by atoms with Crippen molar-refractivity contribution in [2.24, 2.45) is 0 Å². The van der Waals surface area contributed by atoms with E-state index in [1.807, 2.05) is 0 Å². The van der Waals surface area contributed by atoms with E-state index in [-0.39, 0.29) is 5.69 Å². The van der Waals surface area contributed by atoms with Gasteiger partial charge in [-0.3, -0.25) is 0 Å². The summed E-state index contributed by atoms with van der Waals surface area (Å²) >= 11 is 0. The molecule has 2 aromatic rings. The van der Waals surface area contributed by atoms with Crippen LogP contribution in [0.25, 0.3) is 11.3 Å². The molecule has 0 aliphatic carbocycles. The van der Waals surface area contributed by atoms with Gasteiger partial charge in [-0.1, -0.05) is 0 Å². The van der Waals surface area contributed by atoms with Gasteiger partial charge in [0.25, 0.3) is 0 Å². The average molecular weight is 180 g/mol. The van der Waals surface area contributed by atoms with Gasteiger partial charge in [0.05, 0.1) is 24.4 Å². The first-order valence-corrected chi connectivity index (χ1v) is 3.55. The molecule has 0 amide bonds. The number of rotatable bonds is 1. The molecule has 2 heterocycles. The Bertz CT molecular complexity index is 461. The van der Waals surface area contributed by atoms with E-state index < -0.39 is 11.5 Å². The molecule has 0 saturated heterocycles. The van der Waals surface area contributed by atoms with Gasteiger partial charge in [-0.05, 0) is 6.07 Å². The minimum absolute atomic E-state index is 0.0914. The molecule has 1 N–H and O–H groups in total. The molecule has 2 rings (SSSR count). The summed E-state index contributed by atoms with van der Waals surface area (Å²) in [6.07, 6.45) is 3.61. The van der Waals surface area contributed by atoms with Gasteiger partial charge < -0.3 is 9.40 Å². The van der Waals surface area contributed by atoms with Gasteiger partial charge >= 0.3 is 5.69 Å². The topological polar surface area (TPSA) is 58.9 Å². The lowest BCUT2D eigenvalue weighted by molar-refractivity contribution is 0.567. The molecular formula is C8H5FN2O2. The molecule has 0 spiro atoms. The van der Waals surface area contributed by atoms with Crippen molar-refractivity contribution in [2.45, 2.75) is 0 Å². The number of hydrogen-bond donors (Lipinski definition) is 1. The van der Waals surface area contributed by atoms with E-state index in [0.717, 1.165) is 6.20 Å². The molecule has 66 valence electrons. The Kier molecular flexibility index (Phi) is 1.70. The fourth-order valence-corrected chi connectivity index (χ4v) is 0.996. The second-order valence-corrected chi connectivity index (χ2v) is 2.42. The highest BCUT2D eigenvalue weighted by molar-refractivity contribution is 5.56. The van der Waals surface area contributed by atoms with E-state index in [1.54, 1.807) is 6.07 Å². The Morgan fingerprint density at radius 1 is 1.54 bits per heavy atom. The van der Waals surface area contributed by atoms with Crippen LogP contribution >= 0.6 is 0 Å². The highest BCUT2D eigenvalue weighted by atomic mass is 19.1. The second kappa shape index (κ2) is 2.85. The standard InChI is InChI=1S/C8H5FN2O2/c9-6-3-10-8(12)11-7(6)5-1-2-13-4-5/h1-4H,(H,10,11,12). The van der Waals surface area contributed by atoms with Gasteiger partial charge in [-0.15, -0.1) is 0 Å². The normalized spacial score (nSPS) is 10.2. The molecule has 13 heavy (non-hydrogen) atoms. The van der Waals surface area contributed by atoms with Crippen LogP contribution in [0, 0.1) is 5.82 Å². The molecule has 0 unspecified atom stereocenters. The van der Waals surface area contributed by atoms with E-state index in [4.69, 9.17) is 4.42 Å². The van der Waals surface area contributed by atoms with Gasteiger partial charge in [-0.25, -0.2) is 9.18 Å². The molecule has 0 aromatic carbocycles. The number of aromatic amines is 1. The molecule has 0 atom stereocenters. The van der Waals surface area contributed by atoms with Crippen molar-refractivity contribution in [3.63, 3.8) is 0 Å². The largest absolute Gasteiger partial charge is 0.472 e. The number of nitrogens with zero attached hydrogens (tertiary/aromatic N) is 1. The predicted molar refractivity (Wildman–Crippen MR) is 42.5 cm³/mol. The highest BCUT2D eigenvalue weighted by Crippen LogP contribution is 2.17. The van der Waals surface area contributed by atoms with Crippen molar-refractivity contribution >= 4 is 0 Å². The van der Waals surface area contributed by atoms with Crippen molar-refractivity contribution in [1.82, 2.24) is 9.97 Å². The minimum atomic E-state index is -0.586. The molecule has 4 nitrogen and oxygen atoms in total. The van der Waals surface area contributed by atoms with Crippen LogP contribution in [0.15, 0.2) is 34.0 Å². The van der Waals surface area contributed by atoms with Crippen LogP contribution in [-0.2, 0) is 0 Å². The zero-order valence-corrected chi connectivity index (χ0v) is 6.45. The highest BCUT2D eigenvalue weighted by Gasteiger charge is 2.06. The summed E-state index contributed by atoms with van der Waals surface area (Å²) in [5.41, 5.74) is -0.0108. The third-order valence-electron chi connectivity index (χ3n) is 1.58. The molecule has 0 bridgehead atoms. The average Bonchev–Trinajstić information content (AvgIpc) is 2.61. The first kappa shape index (κ1) is 7.72. The third kappa shape index (κ3) is 1.35. The lowest BCUT2D eigenvalue weighted by Gasteiger charge is -1.96. The minimum Gasteiger partial charge on any atom is -0.472 e. The van der Waals surface area contributed by atoms with Gasteiger partial charge in [-0.2, -0.15) is 4.98 Å². The third-order valence-corrected chi connectivity index (χ3v) is 1.58. The SMILES string of the molecule is O=c1ncc(F)c(-c2ccoc2)[nH]1. The Labute approximate surface area is 72.0 Å². The van der Waals surface area contributed by atoms with E-state index in [9.17, 15) is 9.18 Å². The van der Waals surface area contributed by atoms with Crippen molar-refractivity contribution in [3.8, 4) is 11.3 Å². The van der Waals surface area contributed by atoms with E-state index in [0.29, 0.717) is 5.56 Å². The van der Waals surface area contributed by atoms with Crippen molar-refractivity contribution in [1.29, 1.82) is 0 Å². The molecule has 2 aromatic heterocycles. The summed E-state index contributed by atoms with van der Waals surface area (Å²) < 4.78 is 17.8. The number of aromatic nitrogens is 2. The van der Waals surface area contributed by atoms with Crippen LogP contribution in [-0.4, -0.2) is 9.97 Å². The summed E-state index contributed by atoms with van der Waals surface area (Å²) in [7, 11) is 0. The Morgan fingerprint density at radius 2 is 2.38 bits per heavy atom. The molecule has 0 fully saturated rings. The summed E-state index contributed by atoms with van der Waals surface area (Å²) in [6, 6.07) is 1.55.